The van der Waals surface area contributed by atoms with Crippen molar-refractivity contribution in [3.63, 3.8) is 0 Å². The van der Waals surface area contributed by atoms with E-state index in [-0.39, 0.29) is 17.7 Å². The summed E-state index contributed by atoms with van der Waals surface area (Å²) in [6.07, 6.45) is 0.667. The topological polar surface area (TPSA) is 59.1 Å². The Bertz CT molecular complexity index is 1030. The van der Waals surface area contributed by atoms with Crippen molar-refractivity contribution in [1.82, 2.24) is 9.97 Å². The van der Waals surface area contributed by atoms with Crippen LogP contribution in [0.1, 0.15) is 31.2 Å². The van der Waals surface area contributed by atoms with Crippen LogP contribution < -0.4 is 15.4 Å². The SMILES string of the molecule is Fc1cccc(Nc2nc(Nc3ccc(OC4CCCC4)cc3)ncc2C(F)(F)F)c1. The molecule has 1 aromatic heterocycles. The molecule has 1 fully saturated rings. The molecular weight excluding hydrogens is 412 g/mol. The van der Waals surface area contributed by atoms with Gasteiger partial charge in [-0.25, -0.2) is 9.37 Å². The quantitative estimate of drug-likeness (QED) is 0.439. The first-order valence-electron chi connectivity index (χ1n) is 9.87. The number of hydrogen-bond donors (Lipinski definition) is 2. The van der Waals surface area contributed by atoms with E-state index in [2.05, 4.69) is 20.6 Å². The molecule has 0 radical (unpaired) electrons. The van der Waals surface area contributed by atoms with E-state index in [0.717, 1.165) is 24.7 Å². The van der Waals surface area contributed by atoms with Crippen LogP contribution in [0.2, 0.25) is 0 Å². The molecule has 1 heterocycles. The molecule has 3 aromatic rings. The summed E-state index contributed by atoms with van der Waals surface area (Å²) < 4.78 is 59.4. The van der Waals surface area contributed by atoms with E-state index in [1.54, 1.807) is 24.3 Å². The molecule has 2 aromatic carbocycles. The fraction of sp³-hybridized carbons (Fsp3) is 0.273. The second-order valence-corrected chi connectivity index (χ2v) is 7.26. The van der Waals surface area contributed by atoms with Crippen LogP contribution in [0, 0.1) is 5.82 Å². The third-order valence-corrected chi connectivity index (χ3v) is 4.90. The van der Waals surface area contributed by atoms with Gasteiger partial charge in [-0.1, -0.05) is 6.07 Å². The normalized spacial score (nSPS) is 14.5. The molecule has 0 aliphatic heterocycles. The number of anilines is 4. The summed E-state index contributed by atoms with van der Waals surface area (Å²) in [6, 6.07) is 12.2. The maximum atomic E-state index is 13.4. The van der Waals surface area contributed by atoms with Gasteiger partial charge in [-0.3, -0.25) is 0 Å². The van der Waals surface area contributed by atoms with E-state index in [9.17, 15) is 17.6 Å². The molecule has 0 spiro atoms. The van der Waals surface area contributed by atoms with Crippen LogP contribution in [0.25, 0.3) is 0 Å². The van der Waals surface area contributed by atoms with Gasteiger partial charge in [-0.2, -0.15) is 18.2 Å². The second-order valence-electron chi connectivity index (χ2n) is 7.26. The molecule has 2 N–H and O–H groups in total. The standard InChI is InChI=1S/C22H20F4N4O/c23-14-4-3-5-16(12-14)28-20-19(22(24,25)26)13-27-21(30-20)29-15-8-10-18(11-9-15)31-17-6-1-2-7-17/h3-5,8-13,17H,1-2,6-7H2,(H2,27,28,29,30). The Balaban J connectivity index is 1.52. The molecule has 9 heteroatoms. The van der Waals surface area contributed by atoms with Crippen molar-refractivity contribution >= 4 is 23.1 Å². The van der Waals surface area contributed by atoms with Crippen molar-refractivity contribution in [1.29, 1.82) is 0 Å². The molecule has 4 rings (SSSR count). The molecule has 0 amide bonds. The molecule has 0 saturated heterocycles. The van der Waals surface area contributed by atoms with E-state index in [1.807, 2.05) is 0 Å². The number of nitrogens with one attached hydrogen (secondary N) is 2. The average molecular weight is 432 g/mol. The average Bonchev–Trinajstić information content (AvgIpc) is 3.22. The molecule has 162 valence electrons. The summed E-state index contributed by atoms with van der Waals surface area (Å²) in [5.74, 6) is -0.349. The summed E-state index contributed by atoms with van der Waals surface area (Å²) in [5, 5.41) is 5.41. The minimum absolute atomic E-state index is 0.0311. The maximum absolute atomic E-state index is 13.4. The van der Waals surface area contributed by atoms with Crippen LogP contribution in [0.5, 0.6) is 5.75 Å². The Kier molecular flexibility index (Phi) is 5.92. The molecule has 0 unspecified atom stereocenters. The van der Waals surface area contributed by atoms with Crippen molar-refractivity contribution in [2.24, 2.45) is 0 Å². The zero-order valence-electron chi connectivity index (χ0n) is 16.4. The van der Waals surface area contributed by atoms with E-state index >= 15 is 0 Å². The highest BCUT2D eigenvalue weighted by Crippen LogP contribution is 2.35. The zero-order chi connectivity index (χ0) is 21.8. The van der Waals surface area contributed by atoms with Gasteiger partial charge in [0.05, 0.1) is 6.10 Å². The lowest BCUT2D eigenvalue weighted by molar-refractivity contribution is -0.137. The highest BCUT2D eigenvalue weighted by atomic mass is 19.4. The third-order valence-electron chi connectivity index (χ3n) is 4.90. The molecule has 1 saturated carbocycles. The molecule has 31 heavy (non-hydrogen) atoms. The number of benzene rings is 2. The number of halogens is 4. The molecule has 5 nitrogen and oxygen atoms in total. The first-order chi connectivity index (χ1) is 14.9. The van der Waals surface area contributed by atoms with Crippen molar-refractivity contribution in [3.8, 4) is 5.75 Å². The van der Waals surface area contributed by atoms with Gasteiger partial charge < -0.3 is 15.4 Å². The minimum Gasteiger partial charge on any atom is -0.490 e. The molecule has 0 atom stereocenters. The smallest absolute Gasteiger partial charge is 0.421 e. The van der Waals surface area contributed by atoms with E-state index in [0.29, 0.717) is 11.9 Å². The Morgan fingerprint density at radius 1 is 0.935 bits per heavy atom. The fourth-order valence-electron chi connectivity index (χ4n) is 3.39. The highest BCUT2D eigenvalue weighted by Gasteiger charge is 2.35. The van der Waals surface area contributed by atoms with Crippen LogP contribution in [-0.4, -0.2) is 16.1 Å². The minimum atomic E-state index is -4.67. The van der Waals surface area contributed by atoms with Gasteiger partial charge in [0.25, 0.3) is 0 Å². The molecule has 1 aliphatic carbocycles. The number of alkyl halides is 3. The lowest BCUT2D eigenvalue weighted by Crippen LogP contribution is -2.12. The van der Waals surface area contributed by atoms with Gasteiger partial charge >= 0.3 is 6.18 Å². The Hall–Kier alpha value is -3.36. The Labute approximate surface area is 176 Å². The van der Waals surface area contributed by atoms with E-state index in [1.165, 1.54) is 31.0 Å². The van der Waals surface area contributed by atoms with Gasteiger partial charge in [-0.15, -0.1) is 0 Å². The van der Waals surface area contributed by atoms with Crippen molar-refractivity contribution in [2.75, 3.05) is 10.6 Å². The maximum Gasteiger partial charge on any atom is 0.421 e. The summed E-state index contributed by atoms with van der Waals surface area (Å²) in [4.78, 5) is 7.74. The molecule has 0 bridgehead atoms. The van der Waals surface area contributed by atoms with E-state index < -0.39 is 23.4 Å². The lowest BCUT2D eigenvalue weighted by Gasteiger charge is -2.15. The van der Waals surface area contributed by atoms with Gasteiger partial charge in [0.15, 0.2) is 0 Å². The van der Waals surface area contributed by atoms with Crippen LogP contribution >= 0.6 is 0 Å². The number of rotatable bonds is 6. The van der Waals surface area contributed by atoms with Crippen molar-refractivity contribution in [3.05, 3.63) is 66.1 Å². The van der Waals surface area contributed by atoms with Gasteiger partial charge in [0.2, 0.25) is 5.95 Å². The third kappa shape index (κ3) is 5.42. The van der Waals surface area contributed by atoms with Gasteiger partial charge in [-0.05, 0) is 68.1 Å². The van der Waals surface area contributed by atoms with Crippen molar-refractivity contribution in [2.45, 2.75) is 38.0 Å². The van der Waals surface area contributed by atoms with Crippen LogP contribution in [-0.2, 0) is 6.18 Å². The second kappa shape index (κ2) is 8.79. The van der Waals surface area contributed by atoms with Crippen LogP contribution in [0.3, 0.4) is 0 Å². The fourth-order valence-corrected chi connectivity index (χ4v) is 3.39. The largest absolute Gasteiger partial charge is 0.490 e. The monoisotopic (exact) mass is 432 g/mol. The first-order valence-corrected chi connectivity index (χ1v) is 9.87. The predicted molar refractivity (Wildman–Crippen MR) is 109 cm³/mol. The number of ether oxygens (including phenoxy) is 1. The molecule has 1 aliphatic rings. The van der Waals surface area contributed by atoms with Crippen LogP contribution in [0.4, 0.5) is 40.7 Å². The highest BCUT2D eigenvalue weighted by molar-refractivity contribution is 5.63. The summed E-state index contributed by atoms with van der Waals surface area (Å²) in [6.45, 7) is 0. The Morgan fingerprint density at radius 2 is 1.68 bits per heavy atom. The Morgan fingerprint density at radius 3 is 2.35 bits per heavy atom. The molecular formula is C22H20F4N4O. The predicted octanol–water partition coefficient (Wildman–Crippen LogP) is 6.44. The number of aromatic nitrogens is 2. The number of hydrogen-bond acceptors (Lipinski definition) is 5. The summed E-state index contributed by atoms with van der Waals surface area (Å²) >= 11 is 0. The summed E-state index contributed by atoms with van der Waals surface area (Å²) in [7, 11) is 0. The van der Waals surface area contributed by atoms with Crippen LogP contribution in [0.15, 0.2) is 54.7 Å². The number of nitrogens with zero attached hydrogens (tertiary/aromatic N) is 2. The first kappa shape index (κ1) is 20.9. The zero-order valence-corrected chi connectivity index (χ0v) is 16.4. The summed E-state index contributed by atoms with van der Waals surface area (Å²) in [5.41, 5.74) is -0.318. The van der Waals surface area contributed by atoms with Gasteiger partial charge in [0.1, 0.15) is 22.9 Å². The van der Waals surface area contributed by atoms with Crippen molar-refractivity contribution < 1.29 is 22.3 Å². The lowest BCUT2D eigenvalue weighted by atomic mass is 10.2. The van der Waals surface area contributed by atoms with Gasteiger partial charge in [0, 0.05) is 17.6 Å². The van der Waals surface area contributed by atoms with E-state index in [4.69, 9.17) is 4.74 Å².